The zero-order chi connectivity index (χ0) is 19.0. The van der Waals surface area contributed by atoms with E-state index in [9.17, 15) is 14.7 Å². The van der Waals surface area contributed by atoms with E-state index in [1.165, 1.54) is 31.7 Å². The lowest BCUT2D eigenvalue weighted by molar-refractivity contribution is -0.309. The normalized spacial score (nSPS) is 12.2. The van der Waals surface area contributed by atoms with Crippen molar-refractivity contribution in [2.75, 3.05) is 14.2 Å². The number of aryl methyl sites for hydroxylation is 1. The van der Waals surface area contributed by atoms with E-state index in [0.29, 0.717) is 27.3 Å². The molecule has 2 aromatic heterocycles. The molecule has 8 heteroatoms. The quantitative estimate of drug-likeness (QED) is 0.676. The summed E-state index contributed by atoms with van der Waals surface area (Å²) in [7, 11) is 3.09. The van der Waals surface area contributed by atoms with Gasteiger partial charge in [0, 0.05) is 10.4 Å². The number of hydrogen-bond donors (Lipinski definition) is 0. The monoisotopic (exact) mass is 373 g/mol. The molecule has 1 atom stereocenters. The van der Waals surface area contributed by atoms with Gasteiger partial charge in [-0.25, -0.2) is 4.98 Å². The molecule has 1 aromatic carbocycles. The van der Waals surface area contributed by atoms with Gasteiger partial charge in [-0.05, 0) is 31.5 Å². The predicted octanol–water partition coefficient (Wildman–Crippen LogP) is 1.76. The zero-order valence-electron chi connectivity index (χ0n) is 14.7. The minimum Gasteiger partial charge on any atom is -0.548 e. The first-order chi connectivity index (χ1) is 12.4. The number of aromatic nitrogens is 2. The van der Waals surface area contributed by atoms with E-state index in [-0.39, 0.29) is 0 Å². The van der Waals surface area contributed by atoms with Gasteiger partial charge < -0.3 is 19.4 Å². The minimum atomic E-state index is -1.34. The van der Waals surface area contributed by atoms with E-state index in [4.69, 9.17) is 9.47 Å². The number of methoxy groups -OCH3 is 2. The van der Waals surface area contributed by atoms with E-state index in [1.807, 2.05) is 13.0 Å². The molecule has 26 heavy (non-hydrogen) atoms. The van der Waals surface area contributed by atoms with Gasteiger partial charge in [-0.1, -0.05) is 6.07 Å². The summed E-state index contributed by atoms with van der Waals surface area (Å²) in [6.07, 6.45) is 1.25. The fourth-order valence-corrected chi connectivity index (χ4v) is 3.85. The fourth-order valence-electron chi connectivity index (χ4n) is 2.84. The first-order valence-corrected chi connectivity index (χ1v) is 8.64. The molecule has 2 heterocycles. The van der Waals surface area contributed by atoms with Crippen molar-refractivity contribution in [2.24, 2.45) is 0 Å². The molecule has 1 unspecified atom stereocenters. The molecule has 0 aliphatic heterocycles. The lowest BCUT2D eigenvalue weighted by Crippen LogP contribution is -2.36. The highest BCUT2D eigenvalue weighted by Crippen LogP contribution is 2.39. The molecule has 0 saturated carbocycles. The smallest absolute Gasteiger partial charge is 0.263 e. The third kappa shape index (κ3) is 2.82. The van der Waals surface area contributed by atoms with Gasteiger partial charge in [0.1, 0.15) is 4.83 Å². The van der Waals surface area contributed by atoms with Crippen LogP contribution in [0.1, 0.15) is 17.8 Å². The molecular weight excluding hydrogens is 356 g/mol. The standard InChI is InChI=1S/C18H18N2O5S/c1-9(18(22)23)20-8-19-16-15(17(20)21)14(10(2)26-16)11-5-6-12(24-3)13(7-11)25-4/h5-9H,1-4H3,(H,22,23)/p-1. The third-order valence-corrected chi connectivity index (χ3v) is 5.26. The minimum absolute atomic E-state index is 0.385. The highest BCUT2D eigenvalue weighted by atomic mass is 32.1. The summed E-state index contributed by atoms with van der Waals surface area (Å²) in [6, 6.07) is 4.26. The number of carbonyl (C=O) groups excluding carboxylic acids is 1. The number of carboxylic acid groups (broad SMARTS) is 1. The molecule has 0 aliphatic rings. The molecule has 0 N–H and O–H groups in total. The number of rotatable bonds is 5. The van der Waals surface area contributed by atoms with Crippen molar-refractivity contribution >= 4 is 27.5 Å². The highest BCUT2D eigenvalue weighted by molar-refractivity contribution is 7.19. The van der Waals surface area contributed by atoms with Crippen LogP contribution in [-0.2, 0) is 4.79 Å². The van der Waals surface area contributed by atoms with E-state index in [1.54, 1.807) is 19.2 Å². The van der Waals surface area contributed by atoms with E-state index in [0.717, 1.165) is 15.0 Å². The molecule has 3 aromatic rings. The molecular formula is C18H17N2O5S-. The number of hydrogen-bond acceptors (Lipinski definition) is 7. The Labute approximate surface area is 153 Å². The average Bonchev–Trinajstić information content (AvgIpc) is 2.97. The summed E-state index contributed by atoms with van der Waals surface area (Å²) in [5.74, 6) is -0.224. The topological polar surface area (TPSA) is 93.5 Å². The van der Waals surface area contributed by atoms with Gasteiger partial charge in [0.05, 0.1) is 37.9 Å². The lowest BCUT2D eigenvalue weighted by atomic mass is 10.0. The first-order valence-electron chi connectivity index (χ1n) is 7.82. The molecule has 0 saturated heterocycles. The van der Waals surface area contributed by atoms with Gasteiger partial charge >= 0.3 is 0 Å². The Balaban J connectivity index is 2.30. The van der Waals surface area contributed by atoms with Gasteiger partial charge in [0.2, 0.25) is 0 Å². The highest BCUT2D eigenvalue weighted by Gasteiger charge is 2.20. The van der Waals surface area contributed by atoms with Crippen molar-refractivity contribution < 1.29 is 19.4 Å². The SMILES string of the molecule is COc1ccc(-c2c(C)sc3ncn(C(C)C(=O)[O-])c(=O)c23)cc1OC. The van der Waals surface area contributed by atoms with Crippen molar-refractivity contribution in [2.45, 2.75) is 19.9 Å². The Morgan fingerprint density at radius 2 is 1.96 bits per heavy atom. The van der Waals surface area contributed by atoms with E-state index in [2.05, 4.69) is 4.98 Å². The lowest BCUT2D eigenvalue weighted by Gasteiger charge is -2.15. The molecule has 0 bridgehead atoms. The number of nitrogens with zero attached hydrogens (tertiary/aromatic N) is 2. The molecule has 0 amide bonds. The van der Waals surface area contributed by atoms with E-state index >= 15 is 0 Å². The molecule has 136 valence electrons. The zero-order valence-corrected chi connectivity index (χ0v) is 15.5. The Kier molecular flexibility index (Phi) is 4.69. The van der Waals surface area contributed by atoms with Crippen molar-refractivity contribution in [1.82, 2.24) is 9.55 Å². The van der Waals surface area contributed by atoms with Gasteiger partial charge in [-0.3, -0.25) is 9.36 Å². The molecule has 0 aliphatic carbocycles. The van der Waals surface area contributed by atoms with Crippen molar-refractivity contribution in [3.8, 4) is 22.6 Å². The van der Waals surface area contributed by atoms with Crippen LogP contribution in [0.15, 0.2) is 29.3 Å². The van der Waals surface area contributed by atoms with Crippen LogP contribution >= 0.6 is 11.3 Å². The molecule has 0 radical (unpaired) electrons. The van der Waals surface area contributed by atoms with Crippen molar-refractivity contribution in [3.05, 3.63) is 39.8 Å². The first kappa shape index (κ1) is 17.9. The summed E-state index contributed by atoms with van der Waals surface area (Å²) in [5.41, 5.74) is 1.06. The summed E-state index contributed by atoms with van der Waals surface area (Å²) in [4.78, 5) is 29.8. The maximum absolute atomic E-state index is 12.9. The second kappa shape index (κ2) is 6.80. The summed E-state index contributed by atoms with van der Waals surface area (Å²) < 4.78 is 11.7. The number of carboxylic acids is 1. The number of thiophene rings is 1. The predicted molar refractivity (Wildman–Crippen MR) is 96.9 cm³/mol. The van der Waals surface area contributed by atoms with Crippen LogP contribution in [-0.4, -0.2) is 29.7 Å². The molecule has 3 rings (SSSR count). The second-order valence-electron chi connectivity index (χ2n) is 5.74. The third-order valence-electron chi connectivity index (χ3n) is 4.24. The molecule has 7 nitrogen and oxygen atoms in total. The van der Waals surface area contributed by atoms with Gasteiger partial charge in [0.15, 0.2) is 11.5 Å². The largest absolute Gasteiger partial charge is 0.548 e. The maximum atomic E-state index is 12.9. The average molecular weight is 373 g/mol. The summed E-state index contributed by atoms with van der Waals surface area (Å²) in [5, 5.41) is 11.6. The van der Waals surface area contributed by atoms with E-state index < -0.39 is 17.6 Å². The van der Waals surface area contributed by atoms with Crippen LogP contribution in [0.4, 0.5) is 0 Å². The number of ether oxygens (including phenoxy) is 2. The van der Waals surface area contributed by atoms with Crippen molar-refractivity contribution in [1.29, 1.82) is 0 Å². The Morgan fingerprint density at radius 3 is 2.58 bits per heavy atom. The maximum Gasteiger partial charge on any atom is 0.263 e. The number of aliphatic carboxylic acids is 1. The molecule has 0 fully saturated rings. The van der Waals surface area contributed by atoms with Crippen LogP contribution in [0.3, 0.4) is 0 Å². The van der Waals surface area contributed by atoms with Crippen LogP contribution in [0.25, 0.3) is 21.3 Å². The summed E-state index contributed by atoms with van der Waals surface area (Å²) in [6.45, 7) is 3.28. The van der Waals surface area contributed by atoms with Crippen molar-refractivity contribution in [3.63, 3.8) is 0 Å². The number of carbonyl (C=O) groups is 1. The summed E-state index contributed by atoms with van der Waals surface area (Å²) >= 11 is 1.38. The Morgan fingerprint density at radius 1 is 1.27 bits per heavy atom. The Hall–Kier alpha value is -2.87. The van der Waals surface area contributed by atoms with Gasteiger partial charge in [-0.15, -0.1) is 11.3 Å². The molecule has 0 spiro atoms. The van der Waals surface area contributed by atoms with Gasteiger partial charge in [0.25, 0.3) is 5.56 Å². The van der Waals surface area contributed by atoms with Crippen LogP contribution < -0.4 is 20.1 Å². The number of benzene rings is 1. The van der Waals surface area contributed by atoms with Crippen LogP contribution in [0, 0.1) is 6.92 Å². The number of fused-ring (bicyclic) bond motifs is 1. The van der Waals surface area contributed by atoms with Gasteiger partial charge in [-0.2, -0.15) is 0 Å². The van der Waals surface area contributed by atoms with Crippen LogP contribution in [0.2, 0.25) is 0 Å². The van der Waals surface area contributed by atoms with Crippen LogP contribution in [0.5, 0.6) is 11.5 Å². The Bertz CT molecular complexity index is 1050. The fraction of sp³-hybridized carbons (Fsp3) is 0.278. The second-order valence-corrected chi connectivity index (χ2v) is 6.94.